The number of hydrogen-bond donors (Lipinski definition) is 1. The van der Waals surface area contributed by atoms with E-state index in [1.54, 1.807) is 21.3 Å². The molecule has 0 spiro atoms. The SMILES string of the molecule is COc1cc2c3c(c1)Oc1c(CO)cc4c5c1B3c1c(ccc(OC)c1O2)N5c1ccc(OC)cc1C4(C)C. The van der Waals surface area contributed by atoms with E-state index in [2.05, 4.69) is 43.0 Å². The van der Waals surface area contributed by atoms with Crippen LogP contribution in [0.5, 0.6) is 40.2 Å². The molecular formula is C31H26BNO6. The number of anilines is 3. The zero-order valence-electron chi connectivity index (χ0n) is 22.3. The van der Waals surface area contributed by atoms with E-state index in [0.717, 1.165) is 55.9 Å². The van der Waals surface area contributed by atoms with E-state index in [4.69, 9.17) is 23.7 Å². The fourth-order valence-corrected chi connectivity index (χ4v) is 6.92. The van der Waals surface area contributed by atoms with Crippen LogP contribution in [0, 0.1) is 0 Å². The summed E-state index contributed by atoms with van der Waals surface area (Å²) >= 11 is 0. The highest BCUT2D eigenvalue weighted by molar-refractivity contribution is 7.00. The summed E-state index contributed by atoms with van der Waals surface area (Å²) in [6.07, 6.45) is 0. The van der Waals surface area contributed by atoms with Crippen LogP contribution in [0.4, 0.5) is 17.1 Å². The summed E-state index contributed by atoms with van der Waals surface area (Å²) in [4.78, 5) is 2.32. The van der Waals surface area contributed by atoms with Crippen molar-refractivity contribution in [3.63, 3.8) is 0 Å². The van der Waals surface area contributed by atoms with Gasteiger partial charge in [0, 0.05) is 45.4 Å². The Labute approximate surface area is 226 Å². The molecule has 0 amide bonds. The van der Waals surface area contributed by atoms with Gasteiger partial charge in [-0.05, 0) is 53.0 Å². The third-order valence-electron chi connectivity index (χ3n) is 8.75. The van der Waals surface area contributed by atoms with Gasteiger partial charge < -0.3 is 33.7 Å². The minimum absolute atomic E-state index is 0.149. The maximum atomic E-state index is 10.6. The van der Waals surface area contributed by atoms with Gasteiger partial charge in [0.05, 0.1) is 33.6 Å². The van der Waals surface area contributed by atoms with Gasteiger partial charge in [-0.25, -0.2) is 0 Å². The van der Waals surface area contributed by atoms with Crippen LogP contribution in [-0.2, 0) is 12.0 Å². The van der Waals surface area contributed by atoms with Gasteiger partial charge in [0.2, 0.25) is 0 Å². The molecule has 0 radical (unpaired) electrons. The monoisotopic (exact) mass is 519 g/mol. The first-order valence-corrected chi connectivity index (χ1v) is 13.0. The van der Waals surface area contributed by atoms with Crippen LogP contribution in [-0.4, -0.2) is 33.1 Å². The molecule has 0 aromatic heterocycles. The second kappa shape index (κ2) is 7.42. The zero-order chi connectivity index (χ0) is 26.8. The average Bonchev–Trinajstić information content (AvgIpc) is 2.96. The number of rotatable bonds is 4. The van der Waals surface area contributed by atoms with Crippen molar-refractivity contribution in [1.29, 1.82) is 0 Å². The predicted octanol–water partition coefficient (Wildman–Crippen LogP) is 4.35. The van der Waals surface area contributed by atoms with E-state index in [0.29, 0.717) is 34.5 Å². The Morgan fingerprint density at radius 1 is 0.769 bits per heavy atom. The summed E-state index contributed by atoms with van der Waals surface area (Å²) in [7, 11) is 4.98. The third-order valence-corrected chi connectivity index (χ3v) is 8.75. The van der Waals surface area contributed by atoms with Gasteiger partial charge in [0.15, 0.2) is 11.5 Å². The lowest BCUT2D eigenvalue weighted by atomic mass is 9.32. The Bertz CT molecular complexity index is 1750. The van der Waals surface area contributed by atoms with Crippen LogP contribution in [0.2, 0.25) is 0 Å². The van der Waals surface area contributed by atoms with Crippen molar-refractivity contribution >= 4 is 40.2 Å². The predicted molar refractivity (Wildman–Crippen MR) is 150 cm³/mol. The highest BCUT2D eigenvalue weighted by Gasteiger charge is 2.53. The highest BCUT2D eigenvalue weighted by atomic mass is 16.5. The van der Waals surface area contributed by atoms with Gasteiger partial charge in [-0.15, -0.1) is 0 Å². The van der Waals surface area contributed by atoms with Crippen molar-refractivity contribution in [2.75, 3.05) is 26.2 Å². The largest absolute Gasteiger partial charge is 0.497 e. The summed E-state index contributed by atoms with van der Waals surface area (Å²) in [6.45, 7) is 4.15. The van der Waals surface area contributed by atoms with Crippen molar-refractivity contribution in [2.24, 2.45) is 0 Å². The normalized spacial score (nSPS) is 15.5. The fourth-order valence-electron chi connectivity index (χ4n) is 6.92. The Morgan fingerprint density at radius 2 is 1.49 bits per heavy atom. The number of methoxy groups -OCH3 is 3. The number of aliphatic hydroxyl groups is 1. The Kier molecular flexibility index (Phi) is 4.31. The summed E-state index contributed by atoms with van der Waals surface area (Å²) in [5.41, 5.74) is 8.86. The molecule has 39 heavy (non-hydrogen) atoms. The van der Waals surface area contributed by atoms with Crippen molar-refractivity contribution in [3.8, 4) is 40.2 Å². The van der Waals surface area contributed by atoms with Crippen LogP contribution in [0.25, 0.3) is 0 Å². The summed E-state index contributed by atoms with van der Waals surface area (Å²) in [5.74, 6) is 4.82. The first kappa shape index (κ1) is 22.7. The highest BCUT2D eigenvalue weighted by Crippen LogP contribution is 2.57. The lowest BCUT2D eigenvalue weighted by Crippen LogP contribution is -2.62. The van der Waals surface area contributed by atoms with Gasteiger partial charge in [-0.1, -0.05) is 13.8 Å². The standard InChI is InChI=1S/C31H26BNO6/c1-31(2)18-11-16(35-3)6-7-20(18)33-21-8-9-22(37-5)30-25(21)32-26-23(12-17(36-4)13-24(26)39-30)38-29-15(14-34)10-19(31)28(33)27(29)32/h6-13,34H,14H2,1-5H3. The number of benzene rings is 4. The Balaban J connectivity index is 1.55. The van der Waals surface area contributed by atoms with Gasteiger partial charge in [-0.3, -0.25) is 0 Å². The quantitative estimate of drug-likeness (QED) is 0.347. The van der Waals surface area contributed by atoms with E-state index in [9.17, 15) is 5.11 Å². The number of aliphatic hydroxyl groups excluding tert-OH is 1. The third kappa shape index (κ3) is 2.62. The molecule has 7 nitrogen and oxygen atoms in total. The van der Waals surface area contributed by atoms with Crippen LogP contribution in [0.3, 0.4) is 0 Å². The maximum Gasteiger partial charge on any atom is 0.266 e. The average molecular weight is 519 g/mol. The number of hydrogen-bond acceptors (Lipinski definition) is 7. The first-order chi connectivity index (χ1) is 18.9. The molecule has 0 saturated carbocycles. The molecule has 0 atom stereocenters. The van der Waals surface area contributed by atoms with Crippen molar-refractivity contribution < 1.29 is 28.8 Å². The molecule has 0 aliphatic carbocycles. The van der Waals surface area contributed by atoms with E-state index in [1.165, 1.54) is 0 Å². The summed E-state index contributed by atoms with van der Waals surface area (Å²) in [6, 6.07) is 16.2. The zero-order valence-corrected chi connectivity index (χ0v) is 22.3. The van der Waals surface area contributed by atoms with E-state index < -0.39 is 0 Å². The second-order valence-electron chi connectivity index (χ2n) is 10.9. The molecule has 0 fully saturated rings. The summed E-state index contributed by atoms with van der Waals surface area (Å²) in [5, 5.41) is 10.6. The number of nitrogens with zero attached hydrogens (tertiary/aromatic N) is 1. The molecule has 8 rings (SSSR count). The van der Waals surface area contributed by atoms with Gasteiger partial charge in [0.1, 0.15) is 28.7 Å². The van der Waals surface area contributed by atoms with E-state index in [-0.39, 0.29) is 18.7 Å². The molecule has 0 bridgehead atoms. The van der Waals surface area contributed by atoms with Crippen molar-refractivity contribution in [2.45, 2.75) is 25.9 Å². The molecule has 4 heterocycles. The molecule has 0 saturated heterocycles. The summed E-state index contributed by atoms with van der Waals surface area (Å²) < 4.78 is 30.3. The smallest absolute Gasteiger partial charge is 0.266 e. The number of ether oxygens (including phenoxy) is 5. The topological polar surface area (TPSA) is 69.6 Å². The maximum absolute atomic E-state index is 10.6. The lowest BCUT2D eigenvalue weighted by molar-refractivity contribution is 0.276. The van der Waals surface area contributed by atoms with Crippen molar-refractivity contribution in [3.05, 3.63) is 65.2 Å². The van der Waals surface area contributed by atoms with Crippen LogP contribution in [0.15, 0.2) is 48.5 Å². The van der Waals surface area contributed by atoms with Crippen molar-refractivity contribution in [1.82, 2.24) is 0 Å². The Hall–Kier alpha value is -4.30. The van der Waals surface area contributed by atoms with Gasteiger partial charge in [-0.2, -0.15) is 0 Å². The molecule has 4 aromatic carbocycles. The van der Waals surface area contributed by atoms with Crippen LogP contribution in [0.1, 0.15) is 30.5 Å². The molecule has 8 heteroatoms. The number of fused-ring (bicyclic) bond motifs is 3. The van der Waals surface area contributed by atoms with Crippen LogP contribution >= 0.6 is 0 Å². The Morgan fingerprint density at radius 3 is 2.18 bits per heavy atom. The first-order valence-electron chi connectivity index (χ1n) is 13.0. The van der Waals surface area contributed by atoms with E-state index in [1.807, 2.05) is 24.3 Å². The van der Waals surface area contributed by atoms with E-state index >= 15 is 0 Å². The molecular weight excluding hydrogens is 493 g/mol. The van der Waals surface area contributed by atoms with Crippen LogP contribution < -0.4 is 45.0 Å². The minimum Gasteiger partial charge on any atom is -0.497 e. The lowest BCUT2D eigenvalue weighted by Gasteiger charge is -2.49. The molecule has 1 N–H and O–H groups in total. The fraction of sp³-hybridized carbons (Fsp3) is 0.226. The second-order valence-corrected chi connectivity index (χ2v) is 10.9. The molecule has 4 aliphatic heterocycles. The van der Waals surface area contributed by atoms with Gasteiger partial charge in [0.25, 0.3) is 6.71 Å². The molecule has 0 unspecified atom stereocenters. The molecule has 194 valence electrons. The molecule has 4 aromatic rings. The molecule has 4 aliphatic rings. The van der Waals surface area contributed by atoms with Gasteiger partial charge >= 0.3 is 0 Å². The minimum atomic E-state index is -0.365.